The lowest BCUT2D eigenvalue weighted by Crippen LogP contribution is -2.10. The van der Waals surface area contributed by atoms with Crippen LogP contribution in [0.5, 0.6) is 0 Å². The van der Waals surface area contributed by atoms with Crippen LogP contribution in [0.3, 0.4) is 0 Å². The average Bonchev–Trinajstić information content (AvgIpc) is 1.59. The molecule has 0 radical (unpaired) electrons. The molecular formula is C2HCl4NO4. The van der Waals surface area contributed by atoms with E-state index in [0.29, 0.717) is 0 Å². The van der Waals surface area contributed by atoms with Crippen molar-refractivity contribution in [1.29, 1.82) is 0 Å². The summed E-state index contributed by atoms with van der Waals surface area (Å²) < 4.78 is -1.96. The highest BCUT2D eigenvalue weighted by atomic mass is 35.6. The van der Waals surface area contributed by atoms with Crippen LogP contribution in [0.25, 0.3) is 0 Å². The van der Waals surface area contributed by atoms with E-state index in [-0.39, 0.29) is 0 Å². The lowest BCUT2D eigenvalue weighted by Gasteiger charge is -1.99. The Morgan fingerprint density at radius 3 is 1.55 bits per heavy atom. The van der Waals surface area contributed by atoms with Gasteiger partial charge in [0.1, 0.15) is 0 Å². The van der Waals surface area contributed by atoms with Crippen LogP contribution < -0.4 is 0 Å². The van der Waals surface area contributed by atoms with Crippen molar-refractivity contribution >= 4 is 51.6 Å². The van der Waals surface area contributed by atoms with Crippen molar-refractivity contribution in [1.82, 2.24) is 0 Å². The summed E-state index contributed by atoms with van der Waals surface area (Å²) in [5.74, 6) is 0. The van der Waals surface area contributed by atoms with Gasteiger partial charge in [-0.25, -0.2) is 0 Å². The van der Waals surface area contributed by atoms with E-state index in [0.717, 1.165) is 0 Å². The van der Waals surface area contributed by atoms with Crippen LogP contribution in [0.4, 0.5) is 0 Å². The molecule has 0 aromatic carbocycles. The van der Waals surface area contributed by atoms with Crippen LogP contribution in [0, 0.1) is 10.1 Å². The van der Waals surface area contributed by atoms with Crippen molar-refractivity contribution in [2.24, 2.45) is 0 Å². The van der Waals surface area contributed by atoms with Crippen LogP contribution in [0.15, 0.2) is 0 Å². The molecule has 5 nitrogen and oxygen atoms in total. The molecule has 0 aromatic heterocycles. The number of hydrogen-bond donors (Lipinski definition) is 1. The SMILES string of the molecule is O=C(Cl)C(Cl)(Cl)Cl.O=[N+]([O-])O. The van der Waals surface area contributed by atoms with Gasteiger partial charge in [-0.3, -0.25) is 4.79 Å². The van der Waals surface area contributed by atoms with Gasteiger partial charge in [0.25, 0.3) is 14.1 Å². The molecule has 0 saturated carbocycles. The minimum atomic E-state index is -1.96. The van der Waals surface area contributed by atoms with Gasteiger partial charge in [-0.15, -0.1) is 10.1 Å². The number of carbonyl (C=O) groups is 1. The second-order valence-corrected chi connectivity index (χ2v) is 3.63. The Bertz CT molecular complexity index is 149. The topological polar surface area (TPSA) is 80.4 Å². The zero-order chi connectivity index (χ0) is 9.65. The molecule has 0 spiro atoms. The van der Waals surface area contributed by atoms with Crippen molar-refractivity contribution in [2.75, 3.05) is 0 Å². The molecule has 0 aromatic rings. The Morgan fingerprint density at radius 1 is 1.45 bits per heavy atom. The normalized spacial score (nSPS) is 9.45. The number of carbonyl (C=O) groups excluding carboxylic acids is 1. The molecule has 0 aliphatic carbocycles. The minimum absolute atomic E-state index is 0.988. The maximum atomic E-state index is 9.83. The average molecular weight is 245 g/mol. The first-order chi connectivity index (χ1) is 4.68. The molecule has 1 N–H and O–H groups in total. The van der Waals surface area contributed by atoms with Gasteiger partial charge >= 0.3 is 0 Å². The van der Waals surface area contributed by atoms with Gasteiger partial charge in [0.2, 0.25) is 0 Å². The molecular weight excluding hydrogens is 244 g/mol. The van der Waals surface area contributed by atoms with Crippen LogP contribution in [-0.2, 0) is 4.79 Å². The zero-order valence-electron chi connectivity index (χ0n) is 4.63. The summed E-state index contributed by atoms with van der Waals surface area (Å²) in [6, 6.07) is 0. The van der Waals surface area contributed by atoms with Crippen molar-refractivity contribution in [3.05, 3.63) is 10.1 Å². The highest BCUT2D eigenvalue weighted by Crippen LogP contribution is 2.28. The van der Waals surface area contributed by atoms with Gasteiger partial charge in [-0.2, -0.15) is 0 Å². The predicted octanol–water partition coefficient (Wildman–Crippen LogP) is 1.77. The van der Waals surface area contributed by atoms with Gasteiger partial charge in [0.05, 0.1) is 0 Å². The number of rotatable bonds is 0. The first-order valence-electron chi connectivity index (χ1n) is 1.78. The summed E-state index contributed by atoms with van der Waals surface area (Å²) in [6.45, 7) is 0. The maximum absolute atomic E-state index is 9.83. The van der Waals surface area contributed by atoms with E-state index in [1.54, 1.807) is 0 Å². The van der Waals surface area contributed by atoms with E-state index in [1.807, 2.05) is 0 Å². The summed E-state index contributed by atoms with van der Waals surface area (Å²) >= 11 is 19.5. The third-order valence-electron chi connectivity index (χ3n) is 0.223. The van der Waals surface area contributed by atoms with Crippen LogP contribution in [0.1, 0.15) is 0 Å². The van der Waals surface area contributed by atoms with Gasteiger partial charge in [0.15, 0.2) is 0 Å². The Hall–Kier alpha value is 0.0300. The highest BCUT2D eigenvalue weighted by Gasteiger charge is 2.27. The molecule has 0 bridgehead atoms. The molecule has 66 valence electrons. The van der Waals surface area contributed by atoms with Gasteiger partial charge in [-0.1, -0.05) is 34.8 Å². The Kier molecular flexibility index (Phi) is 6.99. The molecule has 11 heavy (non-hydrogen) atoms. The Labute approximate surface area is 80.9 Å². The quantitative estimate of drug-likeness (QED) is 0.305. The molecule has 0 atom stereocenters. The van der Waals surface area contributed by atoms with E-state index < -0.39 is 14.1 Å². The van der Waals surface area contributed by atoms with Gasteiger partial charge in [0, 0.05) is 0 Å². The lowest BCUT2D eigenvalue weighted by molar-refractivity contribution is -0.742. The third-order valence-corrected chi connectivity index (χ3v) is 1.31. The van der Waals surface area contributed by atoms with E-state index >= 15 is 0 Å². The van der Waals surface area contributed by atoms with Crippen molar-refractivity contribution in [3.8, 4) is 0 Å². The van der Waals surface area contributed by atoms with E-state index in [9.17, 15) is 4.79 Å². The van der Waals surface area contributed by atoms with Crippen LogP contribution in [0.2, 0.25) is 0 Å². The van der Waals surface area contributed by atoms with Crippen molar-refractivity contribution in [2.45, 2.75) is 3.79 Å². The smallest absolute Gasteiger partial charge is 0.291 e. The Balaban J connectivity index is 0. The van der Waals surface area contributed by atoms with Crippen molar-refractivity contribution in [3.63, 3.8) is 0 Å². The second kappa shape index (κ2) is 5.65. The van der Waals surface area contributed by atoms with Crippen molar-refractivity contribution < 1.29 is 15.1 Å². The molecule has 0 aliphatic heterocycles. The first-order valence-corrected chi connectivity index (χ1v) is 3.29. The summed E-state index contributed by atoms with van der Waals surface area (Å²) in [7, 11) is 0. The second-order valence-electron chi connectivity index (χ2n) is 1.01. The fourth-order valence-corrected chi connectivity index (χ4v) is 0. The molecule has 0 unspecified atom stereocenters. The molecule has 0 aliphatic rings. The summed E-state index contributed by atoms with van der Waals surface area (Å²) in [6.07, 6.45) is 0. The first kappa shape index (κ1) is 13.6. The lowest BCUT2D eigenvalue weighted by atomic mass is 10.9. The summed E-state index contributed by atoms with van der Waals surface area (Å²) in [4.78, 5) is 18.2. The van der Waals surface area contributed by atoms with Crippen LogP contribution in [-0.4, -0.2) is 19.3 Å². The molecule has 0 fully saturated rings. The fraction of sp³-hybridized carbons (Fsp3) is 0.500. The molecule has 0 heterocycles. The summed E-state index contributed by atoms with van der Waals surface area (Å²) in [5.41, 5.74) is 0. The number of nitrogens with zero attached hydrogens (tertiary/aromatic N) is 1. The standard InChI is InChI=1S/C2Cl4O.HNO3/c3-1(7)2(4,5)6;2-1(3)4/h;(H,2,3,4). The predicted molar refractivity (Wildman–Crippen MR) is 39.9 cm³/mol. The number of hydrogen-bond acceptors (Lipinski definition) is 3. The molecule has 0 saturated heterocycles. The zero-order valence-corrected chi connectivity index (χ0v) is 7.65. The molecule has 9 heteroatoms. The maximum Gasteiger partial charge on any atom is 0.291 e. The third kappa shape index (κ3) is 17.8. The van der Waals surface area contributed by atoms with E-state index in [4.69, 9.17) is 61.7 Å². The van der Waals surface area contributed by atoms with E-state index in [1.165, 1.54) is 0 Å². The number of alkyl halides is 3. The van der Waals surface area contributed by atoms with Gasteiger partial charge in [-0.05, 0) is 11.6 Å². The number of halogens is 4. The molecule has 0 rings (SSSR count). The Morgan fingerprint density at radius 2 is 1.55 bits per heavy atom. The summed E-state index contributed by atoms with van der Waals surface area (Å²) in [5, 5.41) is 12.7. The van der Waals surface area contributed by atoms with E-state index in [2.05, 4.69) is 0 Å². The van der Waals surface area contributed by atoms with Gasteiger partial charge < -0.3 is 5.21 Å². The minimum Gasteiger partial charge on any atom is -0.328 e. The highest BCUT2D eigenvalue weighted by molar-refractivity contribution is 6.88. The molecule has 0 amide bonds. The fourth-order valence-electron chi connectivity index (χ4n) is 0. The largest absolute Gasteiger partial charge is 0.328 e. The monoisotopic (exact) mass is 243 g/mol. The van der Waals surface area contributed by atoms with Crippen LogP contribution >= 0.6 is 46.4 Å².